The highest BCUT2D eigenvalue weighted by atomic mass is 16.5. The summed E-state index contributed by atoms with van der Waals surface area (Å²) in [6.07, 6.45) is 2.26. The van der Waals surface area contributed by atoms with Crippen molar-refractivity contribution >= 4 is 11.8 Å². The molecule has 2 heterocycles. The number of aromatic nitrogens is 1. The van der Waals surface area contributed by atoms with E-state index in [0.717, 1.165) is 12.8 Å². The van der Waals surface area contributed by atoms with Crippen LogP contribution in [0.5, 0.6) is 0 Å². The average Bonchev–Trinajstić information content (AvgIpc) is 2.86. The zero-order valence-electron chi connectivity index (χ0n) is 13.2. The summed E-state index contributed by atoms with van der Waals surface area (Å²) in [5, 5.41) is 6.63. The Morgan fingerprint density at radius 1 is 1.48 bits per heavy atom. The maximum atomic E-state index is 12.8. The molecule has 6 heteroatoms. The number of likely N-dealkylation sites (tertiary alicyclic amines) is 1. The molecule has 6 nitrogen and oxygen atoms in total. The number of aryl methyl sites for hydroxylation is 2. The number of hydrogen-bond donors (Lipinski definition) is 1. The van der Waals surface area contributed by atoms with Gasteiger partial charge in [0, 0.05) is 20.1 Å². The van der Waals surface area contributed by atoms with Gasteiger partial charge >= 0.3 is 0 Å². The molecule has 0 bridgehead atoms. The molecule has 1 N–H and O–H groups in total. The van der Waals surface area contributed by atoms with E-state index >= 15 is 0 Å². The molecule has 0 aliphatic carbocycles. The minimum atomic E-state index is -0.528. The van der Waals surface area contributed by atoms with Gasteiger partial charge in [0.05, 0.1) is 11.1 Å². The number of nitrogens with one attached hydrogen (secondary N) is 1. The molecule has 21 heavy (non-hydrogen) atoms. The normalized spacial score (nSPS) is 22.2. The lowest BCUT2D eigenvalue weighted by molar-refractivity contribution is -0.132. The van der Waals surface area contributed by atoms with Crippen molar-refractivity contribution in [2.24, 2.45) is 5.41 Å². The van der Waals surface area contributed by atoms with Gasteiger partial charge in [-0.1, -0.05) is 12.1 Å². The van der Waals surface area contributed by atoms with Gasteiger partial charge in [0.15, 0.2) is 0 Å². The Bertz CT molecular complexity index is 552. The summed E-state index contributed by atoms with van der Waals surface area (Å²) in [5.41, 5.74) is 0.712. The van der Waals surface area contributed by atoms with E-state index < -0.39 is 5.41 Å². The lowest BCUT2D eigenvalue weighted by Gasteiger charge is -2.39. The van der Waals surface area contributed by atoms with E-state index in [1.807, 2.05) is 13.8 Å². The molecule has 2 rings (SSSR count). The van der Waals surface area contributed by atoms with Gasteiger partial charge in [-0.15, -0.1) is 0 Å². The number of amides is 2. The predicted octanol–water partition coefficient (Wildman–Crippen LogP) is 1.53. The van der Waals surface area contributed by atoms with Crippen LogP contribution in [-0.4, -0.2) is 42.0 Å². The highest BCUT2D eigenvalue weighted by Crippen LogP contribution is 2.31. The molecule has 0 unspecified atom stereocenters. The van der Waals surface area contributed by atoms with Crippen molar-refractivity contribution in [2.75, 3.05) is 20.1 Å². The van der Waals surface area contributed by atoms with E-state index in [2.05, 4.69) is 10.5 Å². The first-order valence-electron chi connectivity index (χ1n) is 7.39. The fraction of sp³-hybridized carbons (Fsp3) is 0.667. The van der Waals surface area contributed by atoms with Crippen LogP contribution >= 0.6 is 0 Å². The number of hydrogen-bond acceptors (Lipinski definition) is 4. The third kappa shape index (κ3) is 2.80. The molecule has 1 aromatic rings. The molecule has 0 aromatic carbocycles. The average molecular weight is 293 g/mol. The third-order valence-corrected chi connectivity index (χ3v) is 4.24. The highest BCUT2D eigenvalue weighted by Gasteiger charge is 2.39. The molecule has 0 spiro atoms. The monoisotopic (exact) mass is 293 g/mol. The van der Waals surface area contributed by atoms with E-state index in [-0.39, 0.29) is 11.8 Å². The zero-order chi connectivity index (χ0) is 15.6. The number of nitrogens with zero attached hydrogens (tertiary/aromatic N) is 2. The van der Waals surface area contributed by atoms with Gasteiger partial charge in [0.2, 0.25) is 5.91 Å². The van der Waals surface area contributed by atoms with Crippen LogP contribution < -0.4 is 5.32 Å². The summed E-state index contributed by atoms with van der Waals surface area (Å²) in [6, 6.07) is 0. The van der Waals surface area contributed by atoms with Crippen LogP contribution in [0.2, 0.25) is 0 Å². The zero-order valence-corrected chi connectivity index (χ0v) is 13.2. The molecule has 116 valence electrons. The Morgan fingerprint density at radius 2 is 2.19 bits per heavy atom. The summed E-state index contributed by atoms with van der Waals surface area (Å²) in [6.45, 7) is 6.70. The Kier molecular flexibility index (Phi) is 4.34. The number of carbonyl (C=O) groups excluding carboxylic acids is 2. The van der Waals surface area contributed by atoms with Crippen LogP contribution in [0.15, 0.2) is 4.52 Å². The third-order valence-electron chi connectivity index (χ3n) is 4.24. The lowest BCUT2D eigenvalue weighted by atomic mass is 9.80. The van der Waals surface area contributed by atoms with Crippen LogP contribution in [0.1, 0.15) is 48.5 Å². The van der Waals surface area contributed by atoms with E-state index in [1.54, 1.807) is 18.9 Å². The van der Waals surface area contributed by atoms with Crippen molar-refractivity contribution in [3.05, 3.63) is 17.0 Å². The van der Waals surface area contributed by atoms with Gasteiger partial charge in [-0.3, -0.25) is 9.59 Å². The van der Waals surface area contributed by atoms with E-state index in [1.165, 1.54) is 0 Å². The van der Waals surface area contributed by atoms with Crippen LogP contribution in [0, 0.1) is 12.3 Å². The second-order valence-corrected chi connectivity index (χ2v) is 5.88. The maximum Gasteiger partial charge on any atom is 0.259 e. The molecular weight excluding hydrogens is 270 g/mol. The molecule has 1 atom stereocenters. The number of carbonyl (C=O) groups is 2. The van der Waals surface area contributed by atoms with E-state index in [4.69, 9.17) is 4.52 Å². The lowest BCUT2D eigenvalue weighted by Crippen LogP contribution is -2.51. The van der Waals surface area contributed by atoms with Crippen molar-refractivity contribution in [1.29, 1.82) is 0 Å². The molecule has 1 aromatic heterocycles. The van der Waals surface area contributed by atoms with Gasteiger partial charge in [-0.25, -0.2) is 0 Å². The number of piperidine rings is 1. The molecule has 1 saturated heterocycles. The van der Waals surface area contributed by atoms with Gasteiger partial charge < -0.3 is 14.7 Å². The topological polar surface area (TPSA) is 75.4 Å². The molecule has 1 fully saturated rings. The first kappa shape index (κ1) is 15.5. The van der Waals surface area contributed by atoms with Crippen molar-refractivity contribution < 1.29 is 14.1 Å². The second kappa shape index (κ2) is 5.87. The Morgan fingerprint density at radius 3 is 2.81 bits per heavy atom. The smallest absolute Gasteiger partial charge is 0.259 e. The van der Waals surface area contributed by atoms with Gasteiger partial charge in [-0.2, -0.15) is 0 Å². The standard InChI is InChI=1S/C15H23N3O3/c1-5-11-12(10(2)21-17-11)13(19)18-8-6-7-15(3,9-18)14(20)16-4/h5-9H2,1-4H3,(H,16,20)/t15-/m1/s1. The quantitative estimate of drug-likeness (QED) is 0.917. The molecule has 1 aliphatic heterocycles. The van der Waals surface area contributed by atoms with Crippen molar-refractivity contribution in [2.45, 2.75) is 40.0 Å². The van der Waals surface area contributed by atoms with Crippen LogP contribution in [0.25, 0.3) is 0 Å². The van der Waals surface area contributed by atoms with Crippen molar-refractivity contribution in [1.82, 2.24) is 15.4 Å². The first-order valence-corrected chi connectivity index (χ1v) is 7.39. The Hall–Kier alpha value is -1.85. The second-order valence-electron chi connectivity index (χ2n) is 5.88. The fourth-order valence-electron chi connectivity index (χ4n) is 2.99. The summed E-state index contributed by atoms with van der Waals surface area (Å²) >= 11 is 0. The molecule has 0 radical (unpaired) electrons. The Labute approximate surface area is 124 Å². The van der Waals surface area contributed by atoms with Gasteiger partial charge in [-0.05, 0) is 33.1 Å². The minimum Gasteiger partial charge on any atom is -0.361 e. The minimum absolute atomic E-state index is 0.0160. The Balaban J connectivity index is 2.23. The summed E-state index contributed by atoms with van der Waals surface area (Å²) in [7, 11) is 1.63. The summed E-state index contributed by atoms with van der Waals surface area (Å²) in [4.78, 5) is 26.6. The first-order chi connectivity index (χ1) is 9.92. The highest BCUT2D eigenvalue weighted by molar-refractivity contribution is 5.96. The van der Waals surface area contributed by atoms with Gasteiger partial charge in [0.25, 0.3) is 5.91 Å². The number of rotatable bonds is 3. The SMILES string of the molecule is CCc1noc(C)c1C(=O)N1CCC[C@@](C)(C(=O)NC)C1. The fourth-order valence-corrected chi connectivity index (χ4v) is 2.99. The molecular formula is C15H23N3O3. The summed E-state index contributed by atoms with van der Waals surface area (Å²) < 4.78 is 5.14. The molecule has 1 aliphatic rings. The van der Waals surface area contributed by atoms with Crippen LogP contribution in [0.3, 0.4) is 0 Å². The molecule has 0 saturated carbocycles. The molecule has 2 amide bonds. The van der Waals surface area contributed by atoms with E-state index in [9.17, 15) is 9.59 Å². The maximum absolute atomic E-state index is 12.8. The van der Waals surface area contributed by atoms with Gasteiger partial charge in [0.1, 0.15) is 11.3 Å². The largest absolute Gasteiger partial charge is 0.361 e. The van der Waals surface area contributed by atoms with Crippen LogP contribution in [0.4, 0.5) is 0 Å². The van der Waals surface area contributed by atoms with Crippen molar-refractivity contribution in [3.63, 3.8) is 0 Å². The predicted molar refractivity (Wildman–Crippen MR) is 77.9 cm³/mol. The van der Waals surface area contributed by atoms with Crippen LogP contribution in [-0.2, 0) is 11.2 Å². The van der Waals surface area contributed by atoms with Crippen molar-refractivity contribution in [3.8, 4) is 0 Å². The van der Waals surface area contributed by atoms with E-state index in [0.29, 0.717) is 36.5 Å². The summed E-state index contributed by atoms with van der Waals surface area (Å²) in [5.74, 6) is 0.447.